The lowest BCUT2D eigenvalue weighted by Gasteiger charge is -1.76. The Balaban J connectivity index is 2.57. The third kappa shape index (κ3) is 8.65. The van der Waals surface area contributed by atoms with E-state index in [1.165, 1.54) is 0 Å². The quantitative estimate of drug-likeness (QED) is 0.558. The zero-order valence-electron chi connectivity index (χ0n) is 10.2. The number of hydrogen-bond donors (Lipinski definition) is 0. The standard InChI is InChI=1S/C18H12/c1-2-4-6-8-10-12-14-16-18-17-15-13-11-9-7-5-3-1/h1,6-7,12-13,18H2. The minimum absolute atomic E-state index is 0.586. The van der Waals surface area contributed by atoms with Gasteiger partial charge >= 0.3 is 0 Å². The molecule has 1 rings (SSSR count). The molecule has 0 atom stereocenters. The molecule has 18 heavy (non-hydrogen) atoms. The van der Waals surface area contributed by atoms with Gasteiger partial charge in [0.15, 0.2) is 0 Å². The van der Waals surface area contributed by atoms with Gasteiger partial charge in [-0.2, -0.15) is 0 Å². The fourth-order valence-electron chi connectivity index (χ4n) is 1.02. The summed E-state index contributed by atoms with van der Waals surface area (Å²) < 4.78 is 0. The van der Waals surface area contributed by atoms with Crippen LogP contribution in [0, 0.1) is 71.0 Å². The smallest absolute Gasteiger partial charge is 0.0703 e. The SMILES string of the molecule is C1#CCC#CCC#CCC#CCC#CCC#CC1. The first-order valence-corrected chi connectivity index (χ1v) is 5.74. The molecule has 0 heterocycles. The van der Waals surface area contributed by atoms with E-state index in [1.54, 1.807) is 0 Å². The van der Waals surface area contributed by atoms with Crippen molar-refractivity contribution in [2.24, 2.45) is 0 Å². The summed E-state index contributed by atoms with van der Waals surface area (Å²) in [5.41, 5.74) is 0. The first-order valence-electron chi connectivity index (χ1n) is 5.74. The minimum atomic E-state index is 0.586. The van der Waals surface area contributed by atoms with Crippen LogP contribution in [0.3, 0.4) is 0 Å². The van der Waals surface area contributed by atoms with Crippen LogP contribution < -0.4 is 0 Å². The van der Waals surface area contributed by atoms with E-state index >= 15 is 0 Å². The second-order valence-corrected chi connectivity index (χ2v) is 3.18. The Morgan fingerprint density at radius 2 is 0.333 bits per heavy atom. The Bertz CT molecular complexity index is 432. The van der Waals surface area contributed by atoms with E-state index in [9.17, 15) is 0 Å². The fourth-order valence-corrected chi connectivity index (χ4v) is 1.02. The van der Waals surface area contributed by atoms with Crippen LogP contribution in [0.15, 0.2) is 0 Å². The van der Waals surface area contributed by atoms with Gasteiger partial charge in [0.2, 0.25) is 0 Å². The highest BCUT2D eigenvalue weighted by Crippen LogP contribution is 1.81. The molecule has 0 amide bonds. The van der Waals surface area contributed by atoms with Gasteiger partial charge in [0.1, 0.15) is 0 Å². The molecule has 0 aromatic rings. The Hall–Kier alpha value is -2.64. The summed E-state index contributed by atoms with van der Waals surface area (Å²) in [7, 11) is 0. The molecule has 0 saturated carbocycles. The summed E-state index contributed by atoms with van der Waals surface area (Å²) >= 11 is 0. The van der Waals surface area contributed by atoms with E-state index in [1.807, 2.05) is 0 Å². The Morgan fingerprint density at radius 1 is 0.222 bits per heavy atom. The third-order valence-electron chi connectivity index (χ3n) is 1.81. The molecule has 0 unspecified atom stereocenters. The van der Waals surface area contributed by atoms with Gasteiger partial charge in [0.25, 0.3) is 0 Å². The fraction of sp³-hybridized carbons (Fsp3) is 0.333. The Morgan fingerprint density at radius 3 is 0.444 bits per heavy atom. The highest BCUT2D eigenvalue weighted by Gasteiger charge is 1.72. The molecule has 0 aliphatic heterocycles. The molecule has 0 heteroatoms. The van der Waals surface area contributed by atoms with Crippen LogP contribution in [0.25, 0.3) is 0 Å². The highest BCUT2D eigenvalue weighted by molar-refractivity contribution is 5.22. The van der Waals surface area contributed by atoms with Gasteiger partial charge in [-0.15, -0.1) is 0 Å². The molecule has 84 valence electrons. The van der Waals surface area contributed by atoms with Crippen LogP contribution in [-0.2, 0) is 0 Å². The van der Waals surface area contributed by atoms with Crippen LogP contribution >= 0.6 is 0 Å². The van der Waals surface area contributed by atoms with E-state index in [4.69, 9.17) is 0 Å². The van der Waals surface area contributed by atoms with Crippen molar-refractivity contribution >= 4 is 0 Å². The Labute approximate surface area is 110 Å². The van der Waals surface area contributed by atoms with Crippen molar-refractivity contribution in [2.45, 2.75) is 38.5 Å². The lowest BCUT2D eigenvalue weighted by molar-refractivity contribution is 1.44. The zero-order valence-corrected chi connectivity index (χ0v) is 10.2. The maximum atomic E-state index is 2.96. The van der Waals surface area contributed by atoms with Crippen molar-refractivity contribution in [3.8, 4) is 71.0 Å². The van der Waals surface area contributed by atoms with E-state index in [2.05, 4.69) is 71.0 Å². The summed E-state index contributed by atoms with van der Waals surface area (Å²) in [6.45, 7) is 0. The van der Waals surface area contributed by atoms with E-state index < -0.39 is 0 Å². The second kappa shape index (κ2) is 10.9. The van der Waals surface area contributed by atoms with Crippen LogP contribution in [0.5, 0.6) is 0 Å². The third-order valence-corrected chi connectivity index (χ3v) is 1.81. The predicted molar refractivity (Wildman–Crippen MR) is 74.4 cm³/mol. The normalized spacial score (nSPS) is 13.3. The minimum Gasteiger partial charge on any atom is -0.0892 e. The zero-order chi connectivity index (χ0) is 12.7. The average Bonchev–Trinajstić information content (AvgIpc) is 2.39. The summed E-state index contributed by atoms with van der Waals surface area (Å²) in [4.78, 5) is 0. The first-order chi connectivity index (χ1) is 9.00. The molecule has 0 aromatic heterocycles. The van der Waals surface area contributed by atoms with Crippen molar-refractivity contribution in [3.63, 3.8) is 0 Å². The lowest BCUT2D eigenvalue weighted by atomic mass is 10.3. The number of hydrogen-bond acceptors (Lipinski definition) is 0. The van der Waals surface area contributed by atoms with E-state index in [-0.39, 0.29) is 0 Å². The van der Waals surface area contributed by atoms with Gasteiger partial charge in [0, 0.05) is 0 Å². The van der Waals surface area contributed by atoms with Gasteiger partial charge in [-0.25, -0.2) is 0 Å². The summed E-state index contributed by atoms with van der Waals surface area (Å²) in [6.07, 6.45) is 3.52. The van der Waals surface area contributed by atoms with Gasteiger partial charge in [0.05, 0.1) is 38.5 Å². The van der Waals surface area contributed by atoms with Crippen LogP contribution in [-0.4, -0.2) is 0 Å². The molecule has 0 radical (unpaired) electrons. The summed E-state index contributed by atoms with van der Waals surface area (Å²) in [5, 5.41) is 0. The predicted octanol–water partition coefficient (Wildman–Crippen LogP) is 2.36. The molecule has 0 aromatic carbocycles. The van der Waals surface area contributed by atoms with Crippen molar-refractivity contribution in [3.05, 3.63) is 0 Å². The van der Waals surface area contributed by atoms with Crippen LogP contribution in [0.4, 0.5) is 0 Å². The van der Waals surface area contributed by atoms with Gasteiger partial charge < -0.3 is 0 Å². The monoisotopic (exact) mass is 228 g/mol. The maximum absolute atomic E-state index is 2.96. The van der Waals surface area contributed by atoms with Crippen LogP contribution in [0.1, 0.15) is 38.5 Å². The summed E-state index contributed by atoms with van der Waals surface area (Å²) in [5.74, 6) is 35.5. The molecule has 0 N–H and O–H groups in total. The molecular formula is C18H12. The molecule has 0 saturated heterocycles. The molecule has 0 bridgehead atoms. The second-order valence-electron chi connectivity index (χ2n) is 3.18. The first kappa shape index (κ1) is 13.4. The molecule has 0 fully saturated rings. The van der Waals surface area contributed by atoms with E-state index in [0.29, 0.717) is 38.5 Å². The molecule has 0 nitrogen and oxygen atoms in total. The molecular weight excluding hydrogens is 216 g/mol. The summed E-state index contributed by atoms with van der Waals surface area (Å²) in [6, 6.07) is 0. The topological polar surface area (TPSA) is 0 Å². The van der Waals surface area contributed by atoms with Crippen molar-refractivity contribution in [2.75, 3.05) is 0 Å². The van der Waals surface area contributed by atoms with Crippen molar-refractivity contribution in [1.29, 1.82) is 0 Å². The number of rotatable bonds is 0. The van der Waals surface area contributed by atoms with Crippen molar-refractivity contribution < 1.29 is 0 Å². The molecule has 1 aliphatic rings. The maximum Gasteiger partial charge on any atom is 0.0703 e. The van der Waals surface area contributed by atoms with Gasteiger partial charge in [-0.05, 0) is 0 Å². The average molecular weight is 228 g/mol. The Kier molecular flexibility index (Phi) is 8.10. The van der Waals surface area contributed by atoms with Gasteiger partial charge in [-0.3, -0.25) is 0 Å². The molecule has 0 spiro atoms. The highest BCUT2D eigenvalue weighted by atomic mass is 13.8. The lowest BCUT2D eigenvalue weighted by Crippen LogP contribution is -1.67. The van der Waals surface area contributed by atoms with Crippen LogP contribution in [0.2, 0.25) is 0 Å². The largest absolute Gasteiger partial charge is 0.0892 e. The van der Waals surface area contributed by atoms with E-state index in [0.717, 1.165) is 0 Å². The van der Waals surface area contributed by atoms with Crippen molar-refractivity contribution in [1.82, 2.24) is 0 Å². The van der Waals surface area contributed by atoms with Gasteiger partial charge in [-0.1, -0.05) is 71.0 Å². The molecule has 1 aliphatic carbocycles.